The number of imidazole rings is 1. The number of fused-ring (bicyclic) bond motifs is 1. The van der Waals surface area contributed by atoms with Gasteiger partial charge >= 0.3 is 0 Å². The van der Waals surface area contributed by atoms with Crippen molar-refractivity contribution >= 4 is 41.8 Å². The highest BCUT2D eigenvalue weighted by atomic mass is 35.5. The van der Waals surface area contributed by atoms with E-state index >= 15 is 0 Å². The molecule has 1 amide bonds. The van der Waals surface area contributed by atoms with E-state index in [9.17, 15) is 4.79 Å². The topological polar surface area (TPSA) is 72.9 Å². The second-order valence-corrected chi connectivity index (χ2v) is 5.87. The first-order chi connectivity index (χ1) is 11.7. The predicted molar refractivity (Wildman–Crippen MR) is 110 cm³/mol. The minimum Gasteiger partial charge on any atom is -0.355 e. The number of carbonyl (C=O) groups is 1. The molecular formula is C19H24Cl2N4O. The van der Waals surface area contributed by atoms with Crippen molar-refractivity contribution in [3.63, 3.8) is 0 Å². The molecule has 0 aliphatic rings. The van der Waals surface area contributed by atoms with Gasteiger partial charge in [0, 0.05) is 13.1 Å². The van der Waals surface area contributed by atoms with Crippen molar-refractivity contribution in [1.29, 1.82) is 0 Å². The van der Waals surface area contributed by atoms with Gasteiger partial charge in [0.1, 0.15) is 0 Å². The maximum atomic E-state index is 12.1. The highest BCUT2D eigenvalue weighted by Gasteiger charge is 2.13. The Balaban J connectivity index is 0.00000169. The molecule has 3 rings (SSSR count). The lowest BCUT2D eigenvalue weighted by Gasteiger charge is -2.12. The molecule has 1 atom stereocenters. The Morgan fingerprint density at radius 2 is 1.77 bits per heavy atom. The number of halogens is 2. The van der Waals surface area contributed by atoms with Gasteiger partial charge in [-0.15, -0.1) is 24.8 Å². The standard InChI is InChI=1S/C19H22N4O.2ClH/c20-16(13-15-7-2-1-3-8-15)19(24)21-11-6-12-23-14-22-17-9-4-5-10-18(17)23;;/h1-5,7-10,14,16H,6,11-13,20H2,(H,21,24);2*1H. The van der Waals surface area contributed by atoms with Gasteiger partial charge in [0.25, 0.3) is 0 Å². The van der Waals surface area contributed by atoms with Gasteiger partial charge in [-0.25, -0.2) is 4.98 Å². The number of hydrogen-bond donors (Lipinski definition) is 2. The van der Waals surface area contributed by atoms with E-state index in [2.05, 4.69) is 20.9 Å². The van der Waals surface area contributed by atoms with E-state index in [0.29, 0.717) is 13.0 Å². The quantitative estimate of drug-likeness (QED) is 0.604. The van der Waals surface area contributed by atoms with E-state index in [-0.39, 0.29) is 30.7 Å². The molecule has 0 saturated carbocycles. The number of aryl methyl sites for hydroxylation is 1. The van der Waals surface area contributed by atoms with Gasteiger partial charge in [0.05, 0.1) is 23.4 Å². The molecule has 0 aliphatic heterocycles. The summed E-state index contributed by atoms with van der Waals surface area (Å²) in [6.45, 7) is 1.42. The van der Waals surface area contributed by atoms with Crippen molar-refractivity contribution in [2.45, 2.75) is 25.4 Å². The van der Waals surface area contributed by atoms with Gasteiger partial charge in [0.15, 0.2) is 0 Å². The fourth-order valence-corrected chi connectivity index (χ4v) is 2.74. The maximum absolute atomic E-state index is 12.1. The Hall–Kier alpha value is -2.08. The van der Waals surface area contributed by atoms with Crippen molar-refractivity contribution in [1.82, 2.24) is 14.9 Å². The largest absolute Gasteiger partial charge is 0.355 e. The molecule has 2 aromatic carbocycles. The van der Waals surface area contributed by atoms with E-state index < -0.39 is 6.04 Å². The minimum atomic E-state index is -0.513. The Bertz CT molecular complexity index is 807. The van der Waals surface area contributed by atoms with Crippen molar-refractivity contribution in [2.24, 2.45) is 5.73 Å². The molecule has 1 aromatic heterocycles. The lowest BCUT2D eigenvalue weighted by Crippen LogP contribution is -2.42. The van der Waals surface area contributed by atoms with Crippen LogP contribution in [0.15, 0.2) is 60.9 Å². The van der Waals surface area contributed by atoms with Gasteiger partial charge in [-0.1, -0.05) is 42.5 Å². The van der Waals surface area contributed by atoms with Crippen LogP contribution in [0, 0.1) is 0 Å². The van der Waals surface area contributed by atoms with Crippen LogP contribution in [0.5, 0.6) is 0 Å². The van der Waals surface area contributed by atoms with Crippen LogP contribution in [0.25, 0.3) is 11.0 Å². The summed E-state index contributed by atoms with van der Waals surface area (Å²) >= 11 is 0. The lowest BCUT2D eigenvalue weighted by molar-refractivity contribution is -0.122. The molecule has 140 valence electrons. The molecule has 0 radical (unpaired) electrons. The zero-order chi connectivity index (χ0) is 16.8. The van der Waals surface area contributed by atoms with Crippen LogP contribution in [-0.4, -0.2) is 28.0 Å². The van der Waals surface area contributed by atoms with E-state index in [1.54, 1.807) is 0 Å². The number of carbonyl (C=O) groups excluding carboxylic acids is 1. The van der Waals surface area contributed by atoms with Crippen molar-refractivity contribution in [3.05, 3.63) is 66.5 Å². The molecule has 1 heterocycles. The number of aromatic nitrogens is 2. The van der Waals surface area contributed by atoms with E-state index in [1.807, 2.05) is 54.9 Å². The third-order valence-electron chi connectivity index (χ3n) is 4.04. The SMILES string of the molecule is Cl.Cl.NC(Cc1ccccc1)C(=O)NCCCn1cnc2ccccc21. The number of nitrogens with two attached hydrogens (primary N) is 1. The van der Waals surface area contributed by atoms with Gasteiger partial charge in [-0.2, -0.15) is 0 Å². The van der Waals surface area contributed by atoms with Gasteiger partial charge < -0.3 is 15.6 Å². The summed E-state index contributed by atoms with van der Waals surface area (Å²) in [7, 11) is 0. The fraction of sp³-hybridized carbons (Fsp3) is 0.263. The molecule has 5 nitrogen and oxygen atoms in total. The smallest absolute Gasteiger partial charge is 0.237 e. The summed E-state index contributed by atoms with van der Waals surface area (Å²) < 4.78 is 2.10. The van der Waals surface area contributed by atoms with Gasteiger partial charge in [-0.3, -0.25) is 4.79 Å². The van der Waals surface area contributed by atoms with Gasteiger partial charge in [-0.05, 0) is 30.5 Å². The fourth-order valence-electron chi connectivity index (χ4n) is 2.74. The van der Waals surface area contributed by atoms with Crippen molar-refractivity contribution in [3.8, 4) is 0 Å². The monoisotopic (exact) mass is 394 g/mol. The normalized spacial score (nSPS) is 11.3. The number of nitrogens with zero attached hydrogens (tertiary/aromatic N) is 2. The zero-order valence-corrected chi connectivity index (χ0v) is 16.0. The summed E-state index contributed by atoms with van der Waals surface area (Å²) in [4.78, 5) is 16.4. The van der Waals surface area contributed by atoms with E-state index in [1.165, 1.54) is 0 Å². The average Bonchev–Trinajstić information content (AvgIpc) is 3.02. The van der Waals surface area contributed by atoms with E-state index in [4.69, 9.17) is 5.73 Å². The lowest BCUT2D eigenvalue weighted by atomic mass is 10.1. The summed E-state index contributed by atoms with van der Waals surface area (Å²) in [6, 6.07) is 17.3. The van der Waals surface area contributed by atoms with Crippen LogP contribution in [0.2, 0.25) is 0 Å². The first-order valence-corrected chi connectivity index (χ1v) is 8.21. The molecular weight excluding hydrogens is 371 g/mol. The molecule has 0 spiro atoms. The molecule has 3 N–H and O–H groups in total. The van der Waals surface area contributed by atoms with Crippen LogP contribution in [-0.2, 0) is 17.8 Å². The summed E-state index contributed by atoms with van der Waals surface area (Å²) in [6.07, 6.45) is 3.23. The molecule has 7 heteroatoms. The Kier molecular flexibility index (Phi) is 9.13. The Labute approximate surface area is 165 Å². The molecule has 1 unspecified atom stereocenters. The van der Waals surface area contributed by atoms with Gasteiger partial charge in [0.2, 0.25) is 5.91 Å². The number of benzene rings is 2. The number of para-hydroxylation sites is 2. The third-order valence-corrected chi connectivity index (χ3v) is 4.04. The first-order valence-electron chi connectivity index (χ1n) is 8.21. The minimum absolute atomic E-state index is 0. The highest BCUT2D eigenvalue weighted by Crippen LogP contribution is 2.11. The molecule has 0 saturated heterocycles. The summed E-state index contributed by atoms with van der Waals surface area (Å²) in [5.41, 5.74) is 9.15. The molecule has 0 fully saturated rings. The predicted octanol–water partition coefficient (Wildman–Crippen LogP) is 2.96. The van der Waals surface area contributed by atoms with Crippen LogP contribution in [0.1, 0.15) is 12.0 Å². The molecule has 3 aromatic rings. The third kappa shape index (κ3) is 5.73. The number of amides is 1. The zero-order valence-electron chi connectivity index (χ0n) is 14.4. The number of nitrogens with one attached hydrogen (secondary N) is 1. The van der Waals surface area contributed by atoms with Crippen LogP contribution in [0.3, 0.4) is 0 Å². The molecule has 0 aliphatic carbocycles. The molecule has 26 heavy (non-hydrogen) atoms. The average molecular weight is 395 g/mol. The van der Waals surface area contributed by atoms with Crippen LogP contribution in [0.4, 0.5) is 0 Å². The van der Waals surface area contributed by atoms with Crippen molar-refractivity contribution in [2.75, 3.05) is 6.54 Å². The van der Waals surface area contributed by atoms with E-state index in [0.717, 1.165) is 29.6 Å². The number of rotatable bonds is 7. The highest BCUT2D eigenvalue weighted by molar-refractivity contribution is 5.85. The second kappa shape index (κ2) is 10.8. The van der Waals surface area contributed by atoms with Crippen LogP contribution >= 0.6 is 24.8 Å². The van der Waals surface area contributed by atoms with Crippen molar-refractivity contribution < 1.29 is 4.79 Å². The maximum Gasteiger partial charge on any atom is 0.237 e. The number of hydrogen-bond acceptors (Lipinski definition) is 3. The second-order valence-electron chi connectivity index (χ2n) is 5.87. The molecule has 0 bridgehead atoms. The van der Waals surface area contributed by atoms with Crippen LogP contribution < -0.4 is 11.1 Å². The first kappa shape index (κ1) is 22.0. The Morgan fingerprint density at radius 3 is 2.54 bits per heavy atom. The Morgan fingerprint density at radius 1 is 1.08 bits per heavy atom. The summed E-state index contributed by atoms with van der Waals surface area (Å²) in [5.74, 6) is -0.102. The summed E-state index contributed by atoms with van der Waals surface area (Å²) in [5, 5.41) is 2.92.